The molecule has 6 nitrogen and oxygen atoms in total. The monoisotopic (exact) mass is 360 g/mol. The van der Waals surface area contributed by atoms with E-state index in [0.29, 0.717) is 12.3 Å². The maximum Gasteiger partial charge on any atom is 0.289 e. The second-order valence-electron chi connectivity index (χ2n) is 6.25. The topological polar surface area (TPSA) is 79.4 Å². The molecule has 0 atom stereocenters. The van der Waals surface area contributed by atoms with E-state index >= 15 is 0 Å². The van der Waals surface area contributed by atoms with Crippen LogP contribution in [0.5, 0.6) is 5.75 Å². The Kier molecular flexibility index (Phi) is 4.70. The number of amides is 1. The van der Waals surface area contributed by atoms with E-state index in [4.69, 9.17) is 4.74 Å². The van der Waals surface area contributed by atoms with E-state index in [9.17, 15) is 4.79 Å². The quantitative estimate of drug-likeness (QED) is 0.541. The average molecular weight is 360 g/mol. The van der Waals surface area contributed by atoms with Crippen LogP contribution in [0.1, 0.15) is 34.1 Å². The first-order valence-corrected chi connectivity index (χ1v) is 8.98. The molecular weight excluding hydrogens is 340 g/mol. The van der Waals surface area contributed by atoms with Gasteiger partial charge in [-0.2, -0.15) is 10.2 Å². The van der Waals surface area contributed by atoms with Crippen LogP contribution < -0.4 is 10.2 Å². The van der Waals surface area contributed by atoms with Crippen molar-refractivity contribution in [3.63, 3.8) is 0 Å². The lowest BCUT2D eigenvalue weighted by Crippen LogP contribution is -2.20. The van der Waals surface area contributed by atoms with E-state index in [1.807, 2.05) is 49.4 Å². The van der Waals surface area contributed by atoms with Crippen molar-refractivity contribution in [1.29, 1.82) is 0 Å². The predicted octanol–water partition coefficient (Wildman–Crippen LogP) is 3.34. The molecule has 1 aromatic heterocycles. The summed E-state index contributed by atoms with van der Waals surface area (Å²) in [4.78, 5) is 12.6. The van der Waals surface area contributed by atoms with Crippen molar-refractivity contribution < 1.29 is 9.53 Å². The van der Waals surface area contributed by atoms with Gasteiger partial charge in [0.2, 0.25) is 0 Å². The van der Waals surface area contributed by atoms with Crippen LogP contribution in [-0.4, -0.2) is 28.9 Å². The number of H-pyrrole nitrogens is 1. The number of nitrogens with one attached hydrogen (secondary N) is 2. The first kappa shape index (κ1) is 17.0. The Morgan fingerprint density at radius 3 is 2.93 bits per heavy atom. The summed E-state index contributed by atoms with van der Waals surface area (Å²) in [7, 11) is 0. The van der Waals surface area contributed by atoms with Crippen molar-refractivity contribution in [3.8, 4) is 17.0 Å². The van der Waals surface area contributed by atoms with E-state index in [-0.39, 0.29) is 5.91 Å². The van der Waals surface area contributed by atoms with Gasteiger partial charge in [-0.25, -0.2) is 5.43 Å². The first-order valence-electron chi connectivity index (χ1n) is 8.98. The van der Waals surface area contributed by atoms with Crippen molar-refractivity contribution in [2.75, 3.05) is 6.61 Å². The number of carbonyl (C=O) groups is 1. The molecular formula is C21H20N4O2. The Morgan fingerprint density at radius 2 is 2.04 bits per heavy atom. The van der Waals surface area contributed by atoms with Crippen LogP contribution in [-0.2, 0) is 12.8 Å². The highest BCUT2D eigenvalue weighted by molar-refractivity contribution is 5.96. The van der Waals surface area contributed by atoms with Crippen LogP contribution in [0.4, 0.5) is 0 Å². The van der Waals surface area contributed by atoms with Crippen molar-refractivity contribution in [3.05, 3.63) is 70.9 Å². The summed E-state index contributed by atoms with van der Waals surface area (Å²) in [6.07, 6.45) is 3.26. The number of hydrogen-bond donors (Lipinski definition) is 2. The number of hydrazone groups is 1. The number of hydrogen-bond acceptors (Lipinski definition) is 4. The van der Waals surface area contributed by atoms with Crippen LogP contribution in [0.15, 0.2) is 53.6 Å². The molecule has 136 valence electrons. The average Bonchev–Trinajstić information content (AvgIpc) is 3.14. The zero-order chi connectivity index (χ0) is 18.6. The molecule has 2 N–H and O–H groups in total. The number of aromatic amines is 1. The highest BCUT2D eigenvalue weighted by Crippen LogP contribution is 2.33. The normalized spacial score (nSPS) is 12.5. The highest BCUT2D eigenvalue weighted by Gasteiger charge is 2.24. The Balaban J connectivity index is 1.52. The molecule has 0 spiro atoms. The van der Waals surface area contributed by atoms with Crippen LogP contribution in [0.2, 0.25) is 0 Å². The number of carbonyl (C=O) groups excluding carboxylic acids is 1. The van der Waals surface area contributed by atoms with Crippen molar-refractivity contribution >= 4 is 12.1 Å². The maximum absolute atomic E-state index is 12.6. The molecule has 3 aromatic rings. The van der Waals surface area contributed by atoms with Gasteiger partial charge in [-0.3, -0.25) is 9.89 Å². The predicted molar refractivity (Wildman–Crippen MR) is 104 cm³/mol. The Bertz CT molecular complexity index is 1010. The van der Waals surface area contributed by atoms with Crippen molar-refractivity contribution in [1.82, 2.24) is 15.6 Å². The molecule has 0 saturated carbocycles. The van der Waals surface area contributed by atoms with Crippen molar-refractivity contribution in [2.45, 2.75) is 19.8 Å². The minimum absolute atomic E-state index is 0.298. The molecule has 2 aromatic carbocycles. The fourth-order valence-corrected chi connectivity index (χ4v) is 3.34. The minimum atomic E-state index is -0.298. The van der Waals surface area contributed by atoms with Gasteiger partial charge < -0.3 is 4.74 Å². The number of aromatic nitrogens is 2. The maximum atomic E-state index is 12.6. The molecule has 27 heavy (non-hydrogen) atoms. The Morgan fingerprint density at radius 1 is 1.22 bits per heavy atom. The van der Waals surface area contributed by atoms with Gasteiger partial charge in [0, 0.05) is 16.7 Å². The number of ether oxygens (including phenoxy) is 1. The summed E-state index contributed by atoms with van der Waals surface area (Å²) in [6.45, 7) is 2.49. The number of aryl methyl sites for hydroxylation is 1. The smallest absolute Gasteiger partial charge is 0.289 e. The van der Waals surface area contributed by atoms with Gasteiger partial charge in [0.15, 0.2) is 0 Å². The Hall–Kier alpha value is -3.41. The van der Waals surface area contributed by atoms with Crippen LogP contribution in [0.3, 0.4) is 0 Å². The molecule has 1 amide bonds. The van der Waals surface area contributed by atoms with Gasteiger partial charge in [-0.05, 0) is 37.5 Å². The molecule has 1 heterocycles. The molecule has 0 saturated heterocycles. The largest absolute Gasteiger partial charge is 0.493 e. The summed E-state index contributed by atoms with van der Waals surface area (Å²) in [6, 6.07) is 15.7. The third kappa shape index (κ3) is 3.33. The molecule has 1 aliphatic rings. The molecule has 1 aliphatic carbocycles. The van der Waals surface area contributed by atoms with Gasteiger partial charge in [0.05, 0.1) is 18.5 Å². The number of rotatable bonds is 5. The lowest BCUT2D eigenvalue weighted by molar-refractivity contribution is 0.0949. The molecule has 0 bridgehead atoms. The number of benzene rings is 2. The zero-order valence-corrected chi connectivity index (χ0v) is 15.0. The van der Waals surface area contributed by atoms with E-state index in [1.54, 1.807) is 6.21 Å². The number of nitrogens with zero attached hydrogens (tertiary/aromatic N) is 2. The third-order valence-electron chi connectivity index (χ3n) is 4.60. The first-order chi connectivity index (χ1) is 13.3. The fourth-order valence-electron chi connectivity index (χ4n) is 3.34. The lowest BCUT2D eigenvalue weighted by atomic mass is 9.89. The molecule has 0 radical (unpaired) electrons. The third-order valence-corrected chi connectivity index (χ3v) is 4.60. The van der Waals surface area contributed by atoms with E-state index in [2.05, 4.69) is 26.8 Å². The zero-order valence-electron chi connectivity index (χ0n) is 15.0. The summed E-state index contributed by atoms with van der Waals surface area (Å²) >= 11 is 0. The second kappa shape index (κ2) is 7.45. The van der Waals surface area contributed by atoms with Gasteiger partial charge in [0.1, 0.15) is 11.4 Å². The van der Waals surface area contributed by atoms with Gasteiger partial charge in [0.25, 0.3) is 5.91 Å². The van der Waals surface area contributed by atoms with Crippen LogP contribution in [0.25, 0.3) is 11.3 Å². The van der Waals surface area contributed by atoms with Gasteiger partial charge in [-0.15, -0.1) is 0 Å². The molecule has 6 heteroatoms. The fraction of sp³-hybridized carbons (Fsp3) is 0.190. The van der Waals surface area contributed by atoms with Gasteiger partial charge in [-0.1, -0.05) is 36.4 Å². The molecule has 4 rings (SSSR count). The minimum Gasteiger partial charge on any atom is -0.493 e. The number of fused-ring (bicyclic) bond motifs is 3. The van der Waals surface area contributed by atoms with Crippen LogP contribution in [0, 0.1) is 0 Å². The van der Waals surface area contributed by atoms with Gasteiger partial charge >= 0.3 is 0 Å². The van der Waals surface area contributed by atoms with E-state index < -0.39 is 0 Å². The van der Waals surface area contributed by atoms with Crippen LogP contribution >= 0.6 is 0 Å². The highest BCUT2D eigenvalue weighted by atomic mass is 16.5. The summed E-state index contributed by atoms with van der Waals surface area (Å²) in [5.74, 6) is 0.432. The standard InChI is InChI=1S/C21H20N4O2/c1-2-27-18-10-6-4-8-15(18)13-22-25-21(26)20-17-12-11-14-7-3-5-9-16(14)19(17)23-24-20/h3-10,13H,2,11-12H2,1H3,(H,23,24)(H,25,26)/b22-13+. The molecule has 0 fully saturated rings. The van der Waals surface area contributed by atoms with Crippen molar-refractivity contribution in [2.24, 2.45) is 5.10 Å². The molecule has 0 aliphatic heterocycles. The Labute approximate surface area is 157 Å². The summed E-state index contributed by atoms with van der Waals surface area (Å²) in [5.41, 5.74) is 7.99. The SMILES string of the molecule is CCOc1ccccc1/C=N/NC(=O)c1[nH]nc2c1CCc1ccccc1-2. The summed E-state index contributed by atoms with van der Waals surface area (Å²) < 4.78 is 5.55. The summed E-state index contributed by atoms with van der Waals surface area (Å²) in [5, 5.41) is 11.3. The molecule has 0 unspecified atom stereocenters. The lowest BCUT2D eigenvalue weighted by Gasteiger charge is -2.15. The van der Waals surface area contributed by atoms with E-state index in [1.165, 1.54) is 5.56 Å². The second-order valence-corrected chi connectivity index (χ2v) is 6.25. The number of para-hydroxylation sites is 1. The van der Waals surface area contributed by atoms with E-state index in [0.717, 1.165) is 41.0 Å².